The lowest BCUT2D eigenvalue weighted by Crippen LogP contribution is -2.18. The fourth-order valence-corrected chi connectivity index (χ4v) is 2.63. The molecule has 0 bridgehead atoms. The van der Waals surface area contributed by atoms with Crippen molar-refractivity contribution in [3.05, 3.63) is 22.0 Å². The third kappa shape index (κ3) is 3.08. The van der Waals surface area contributed by atoms with Crippen LogP contribution in [-0.2, 0) is 11.3 Å². The highest BCUT2D eigenvalue weighted by Gasteiger charge is 2.05. The molecular weight excluding hydrogens is 242 g/mol. The van der Waals surface area contributed by atoms with E-state index in [2.05, 4.69) is 15.3 Å². The number of rotatable bonds is 6. The molecule has 6 heteroatoms. The van der Waals surface area contributed by atoms with Gasteiger partial charge in [0.05, 0.1) is 6.61 Å². The Balaban J connectivity index is 1.88. The van der Waals surface area contributed by atoms with Crippen LogP contribution in [0.25, 0.3) is 10.7 Å². The maximum absolute atomic E-state index is 4.96. The van der Waals surface area contributed by atoms with Gasteiger partial charge in [-0.2, -0.15) is 0 Å². The maximum Gasteiger partial charge on any atom is 0.142 e. The standard InChI is InChI=1S/C10H13N3OS2/c1-14-4-2-11-6-9-13-8(7-16-9)10-12-3-5-15-10/h3,5,7,11H,2,4,6H2,1H3. The second-order valence-corrected chi connectivity index (χ2v) is 4.97. The molecule has 0 fully saturated rings. The van der Waals surface area contributed by atoms with Crippen LogP contribution in [0.3, 0.4) is 0 Å². The monoisotopic (exact) mass is 255 g/mol. The molecule has 0 spiro atoms. The lowest BCUT2D eigenvalue weighted by atomic mass is 10.5. The Morgan fingerprint density at radius 1 is 1.44 bits per heavy atom. The van der Waals surface area contributed by atoms with Crippen LogP contribution in [0.5, 0.6) is 0 Å². The summed E-state index contributed by atoms with van der Waals surface area (Å²) in [4.78, 5) is 8.75. The van der Waals surface area contributed by atoms with Crippen LogP contribution in [0, 0.1) is 0 Å². The number of nitrogens with one attached hydrogen (secondary N) is 1. The summed E-state index contributed by atoms with van der Waals surface area (Å²) in [5, 5.41) is 9.35. The first-order chi connectivity index (χ1) is 7.90. The van der Waals surface area contributed by atoms with Crippen molar-refractivity contribution >= 4 is 22.7 Å². The van der Waals surface area contributed by atoms with Crippen LogP contribution < -0.4 is 5.32 Å². The highest BCUT2D eigenvalue weighted by Crippen LogP contribution is 2.23. The van der Waals surface area contributed by atoms with Gasteiger partial charge in [-0.1, -0.05) is 0 Å². The minimum absolute atomic E-state index is 0.727. The van der Waals surface area contributed by atoms with E-state index < -0.39 is 0 Å². The van der Waals surface area contributed by atoms with Crippen LogP contribution >= 0.6 is 22.7 Å². The van der Waals surface area contributed by atoms with Gasteiger partial charge in [-0.05, 0) is 0 Å². The lowest BCUT2D eigenvalue weighted by molar-refractivity contribution is 0.199. The first-order valence-corrected chi connectivity index (χ1v) is 6.70. The largest absolute Gasteiger partial charge is 0.383 e. The van der Waals surface area contributed by atoms with Crippen molar-refractivity contribution in [2.24, 2.45) is 0 Å². The van der Waals surface area contributed by atoms with Gasteiger partial charge in [0.15, 0.2) is 0 Å². The highest BCUT2D eigenvalue weighted by molar-refractivity contribution is 7.14. The summed E-state index contributed by atoms with van der Waals surface area (Å²) in [5.41, 5.74) is 0.976. The fourth-order valence-electron chi connectivity index (χ4n) is 1.21. The molecule has 0 aromatic carbocycles. The number of nitrogens with zero attached hydrogens (tertiary/aromatic N) is 2. The van der Waals surface area contributed by atoms with E-state index in [4.69, 9.17) is 4.74 Å². The van der Waals surface area contributed by atoms with Gasteiger partial charge in [0.1, 0.15) is 15.7 Å². The zero-order chi connectivity index (χ0) is 11.2. The molecule has 0 atom stereocenters. The van der Waals surface area contributed by atoms with Crippen molar-refractivity contribution in [2.45, 2.75) is 6.54 Å². The van der Waals surface area contributed by atoms with Gasteiger partial charge in [-0.3, -0.25) is 0 Å². The molecule has 2 aromatic heterocycles. The van der Waals surface area contributed by atoms with E-state index >= 15 is 0 Å². The van der Waals surface area contributed by atoms with Crippen LogP contribution in [0.4, 0.5) is 0 Å². The molecule has 0 aliphatic carbocycles. The molecule has 86 valence electrons. The van der Waals surface area contributed by atoms with E-state index in [9.17, 15) is 0 Å². The number of hydrogen-bond donors (Lipinski definition) is 1. The van der Waals surface area contributed by atoms with Crippen molar-refractivity contribution in [3.63, 3.8) is 0 Å². The summed E-state index contributed by atoms with van der Waals surface area (Å²) < 4.78 is 4.96. The third-order valence-electron chi connectivity index (χ3n) is 1.96. The van der Waals surface area contributed by atoms with Crippen LogP contribution in [0.1, 0.15) is 5.01 Å². The molecule has 0 saturated carbocycles. The normalized spacial score (nSPS) is 10.8. The number of methoxy groups -OCH3 is 1. The van der Waals surface area contributed by atoms with Crippen LogP contribution in [0.15, 0.2) is 17.0 Å². The molecule has 0 saturated heterocycles. The fraction of sp³-hybridized carbons (Fsp3) is 0.400. The average Bonchev–Trinajstić information content (AvgIpc) is 2.94. The Morgan fingerprint density at radius 3 is 3.12 bits per heavy atom. The predicted molar refractivity (Wildman–Crippen MR) is 66.8 cm³/mol. The van der Waals surface area contributed by atoms with Gasteiger partial charge in [0.25, 0.3) is 0 Å². The number of hydrogen-bond acceptors (Lipinski definition) is 6. The topological polar surface area (TPSA) is 47.0 Å². The number of ether oxygens (including phenoxy) is 1. The molecule has 0 radical (unpaired) electrons. The van der Waals surface area contributed by atoms with Crippen molar-refractivity contribution < 1.29 is 4.74 Å². The first kappa shape index (κ1) is 11.7. The molecule has 0 amide bonds. The minimum Gasteiger partial charge on any atom is -0.383 e. The van der Waals surface area contributed by atoms with Gasteiger partial charge >= 0.3 is 0 Å². The highest BCUT2D eigenvalue weighted by atomic mass is 32.1. The average molecular weight is 255 g/mol. The van der Waals surface area contributed by atoms with E-state index in [0.717, 1.165) is 35.4 Å². The summed E-state index contributed by atoms with van der Waals surface area (Å²) >= 11 is 3.27. The molecule has 1 N–H and O–H groups in total. The van der Waals surface area contributed by atoms with Crippen LogP contribution in [0.2, 0.25) is 0 Å². The summed E-state index contributed by atoms with van der Waals surface area (Å²) in [6, 6.07) is 0. The Morgan fingerprint density at radius 2 is 2.38 bits per heavy atom. The Labute approximate surface area is 102 Å². The zero-order valence-corrected chi connectivity index (χ0v) is 10.6. The zero-order valence-electron chi connectivity index (χ0n) is 8.97. The van der Waals surface area contributed by atoms with Crippen molar-refractivity contribution in [3.8, 4) is 10.7 Å². The first-order valence-electron chi connectivity index (χ1n) is 4.94. The summed E-state index contributed by atoms with van der Waals surface area (Å²) in [6.45, 7) is 2.37. The van der Waals surface area contributed by atoms with Gasteiger partial charge in [0.2, 0.25) is 0 Å². The smallest absolute Gasteiger partial charge is 0.142 e. The number of aromatic nitrogens is 2. The molecule has 0 aliphatic heterocycles. The van der Waals surface area contributed by atoms with Crippen molar-refractivity contribution in [1.29, 1.82) is 0 Å². The molecule has 2 aromatic rings. The van der Waals surface area contributed by atoms with Gasteiger partial charge in [0, 0.05) is 37.2 Å². The number of thiazole rings is 2. The molecule has 0 unspecified atom stereocenters. The van der Waals surface area contributed by atoms with E-state index in [0.29, 0.717) is 0 Å². The maximum atomic E-state index is 4.96. The van der Waals surface area contributed by atoms with E-state index in [1.54, 1.807) is 36.0 Å². The second kappa shape index (κ2) is 6.05. The van der Waals surface area contributed by atoms with Crippen molar-refractivity contribution in [2.75, 3.05) is 20.3 Å². The van der Waals surface area contributed by atoms with E-state index in [-0.39, 0.29) is 0 Å². The second-order valence-electron chi connectivity index (χ2n) is 3.13. The summed E-state index contributed by atoms with van der Waals surface area (Å²) in [5.74, 6) is 0. The van der Waals surface area contributed by atoms with Gasteiger partial charge < -0.3 is 10.1 Å². The quantitative estimate of drug-likeness (QED) is 0.802. The van der Waals surface area contributed by atoms with Gasteiger partial charge in [-0.25, -0.2) is 9.97 Å². The molecule has 2 rings (SSSR count). The van der Waals surface area contributed by atoms with E-state index in [1.807, 2.05) is 10.8 Å². The predicted octanol–water partition coefficient (Wildman–Crippen LogP) is 2.00. The molecule has 2 heterocycles. The third-order valence-corrected chi connectivity index (χ3v) is 3.61. The molecule has 0 aliphatic rings. The van der Waals surface area contributed by atoms with E-state index in [1.165, 1.54) is 0 Å². The van der Waals surface area contributed by atoms with Crippen LogP contribution in [-0.4, -0.2) is 30.2 Å². The summed E-state index contributed by atoms with van der Waals surface area (Å²) in [7, 11) is 1.70. The molecule has 16 heavy (non-hydrogen) atoms. The Hall–Kier alpha value is -0.820. The lowest BCUT2D eigenvalue weighted by Gasteiger charge is -1.99. The minimum atomic E-state index is 0.727. The van der Waals surface area contributed by atoms with Gasteiger partial charge in [-0.15, -0.1) is 22.7 Å². The van der Waals surface area contributed by atoms with Crippen molar-refractivity contribution in [1.82, 2.24) is 15.3 Å². The SMILES string of the molecule is COCCNCc1nc(-c2nccs2)cs1. The Bertz CT molecular complexity index is 413. The summed E-state index contributed by atoms with van der Waals surface area (Å²) in [6.07, 6.45) is 1.80. The molecule has 4 nitrogen and oxygen atoms in total. The molecular formula is C10H13N3OS2. The Kier molecular flexibility index (Phi) is 4.41.